The summed E-state index contributed by atoms with van der Waals surface area (Å²) in [5.41, 5.74) is 2.35. The van der Waals surface area contributed by atoms with Crippen LogP contribution in [0.15, 0.2) is 41.1 Å². The molecule has 1 N–H and O–H groups in total. The van der Waals surface area contributed by atoms with Gasteiger partial charge in [0, 0.05) is 22.4 Å². The highest BCUT2D eigenvalue weighted by molar-refractivity contribution is 9.10. The zero-order valence-electron chi connectivity index (χ0n) is 8.39. The van der Waals surface area contributed by atoms with Gasteiger partial charge in [0.25, 0.3) is 0 Å². The Hall–Kier alpha value is -1.57. The zero-order chi connectivity index (χ0) is 11.5. The molecule has 1 heterocycles. The van der Waals surface area contributed by atoms with E-state index >= 15 is 0 Å². The second kappa shape index (κ2) is 4.52. The summed E-state index contributed by atoms with van der Waals surface area (Å²) in [7, 11) is 0. The number of aliphatic hydroxyl groups excluding tert-OH is 1. The first-order valence-electron chi connectivity index (χ1n) is 4.71. The number of rotatable bonds is 2. The quantitative estimate of drug-likeness (QED) is 0.917. The van der Waals surface area contributed by atoms with Crippen molar-refractivity contribution < 1.29 is 5.11 Å². The van der Waals surface area contributed by atoms with Crippen LogP contribution in [0.3, 0.4) is 0 Å². The van der Waals surface area contributed by atoms with Gasteiger partial charge in [0.15, 0.2) is 0 Å². The minimum Gasteiger partial charge on any atom is -0.376 e. The monoisotopic (exact) mass is 276 g/mol. The second-order valence-electron chi connectivity index (χ2n) is 3.36. The van der Waals surface area contributed by atoms with Crippen LogP contribution in [0, 0.1) is 11.3 Å². The van der Waals surface area contributed by atoms with Crippen LogP contribution >= 0.6 is 15.9 Å². The van der Waals surface area contributed by atoms with Gasteiger partial charge >= 0.3 is 0 Å². The van der Waals surface area contributed by atoms with E-state index in [-0.39, 0.29) is 6.73 Å². The number of nitriles is 1. The van der Waals surface area contributed by atoms with E-state index in [1.165, 1.54) is 0 Å². The molecule has 16 heavy (non-hydrogen) atoms. The fraction of sp³-hybridized carbons (Fsp3) is 0.0833. The predicted molar refractivity (Wildman–Crippen MR) is 64.5 cm³/mol. The molecule has 80 valence electrons. The van der Waals surface area contributed by atoms with Crippen LogP contribution in [0.5, 0.6) is 0 Å². The summed E-state index contributed by atoms with van der Waals surface area (Å²) in [6.45, 7) is -0.122. The maximum Gasteiger partial charge on any atom is 0.119 e. The number of aromatic nitrogens is 1. The largest absolute Gasteiger partial charge is 0.376 e. The van der Waals surface area contributed by atoms with E-state index in [2.05, 4.69) is 22.0 Å². The molecule has 0 aliphatic heterocycles. The van der Waals surface area contributed by atoms with Crippen molar-refractivity contribution >= 4 is 15.9 Å². The fourth-order valence-electron chi connectivity index (χ4n) is 1.56. The molecule has 1 aromatic heterocycles. The van der Waals surface area contributed by atoms with E-state index in [0.29, 0.717) is 5.56 Å². The Labute approximate surface area is 102 Å². The maximum absolute atomic E-state index is 9.02. The molecule has 2 rings (SSSR count). The molecule has 0 unspecified atom stereocenters. The molecule has 0 radical (unpaired) electrons. The predicted octanol–water partition coefficient (Wildman–Crippen LogP) is 2.74. The van der Waals surface area contributed by atoms with Crippen molar-refractivity contribution in [3.63, 3.8) is 0 Å². The van der Waals surface area contributed by atoms with E-state index in [1.54, 1.807) is 17.0 Å². The van der Waals surface area contributed by atoms with Gasteiger partial charge in [-0.3, -0.25) is 0 Å². The fourth-order valence-corrected chi connectivity index (χ4v) is 1.96. The van der Waals surface area contributed by atoms with Gasteiger partial charge in [-0.05, 0) is 17.7 Å². The number of nitrogens with zero attached hydrogens (tertiary/aromatic N) is 2. The molecule has 0 aliphatic carbocycles. The summed E-state index contributed by atoms with van der Waals surface area (Å²) in [6.07, 6.45) is 3.40. The van der Waals surface area contributed by atoms with Gasteiger partial charge < -0.3 is 9.67 Å². The van der Waals surface area contributed by atoms with Crippen molar-refractivity contribution in [2.24, 2.45) is 0 Å². The van der Waals surface area contributed by atoms with Crippen LogP contribution in [0.4, 0.5) is 0 Å². The third-order valence-corrected chi connectivity index (χ3v) is 2.79. The van der Waals surface area contributed by atoms with Crippen molar-refractivity contribution in [2.45, 2.75) is 6.73 Å². The van der Waals surface area contributed by atoms with Gasteiger partial charge in [-0.1, -0.05) is 28.1 Å². The number of halogens is 1. The summed E-state index contributed by atoms with van der Waals surface area (Å²) >= 11 is 3.39. The molecular formula is C12H9BrN2O. The molecule has 0 saturated carbocycles. The normalized spacial score (nSPS) is 10.1. The first-order valence-corrected chi connectivity index (χ1v) is 5.50. The Morgan fingerprint density at radius 1 is 1.38 bits per heavy atom. The minimum absolute atomic E-state index is 0.122. The molecule has 0 atom stereocenters. The SMILES string of the molecule is N#Cc1cn(CO)cc1-c1cccc(Br)c1. The Morgan fingerprint density at radius 3 is 2.81 bits per heavy atom. The van der Waals surface area contributed by atoms with Gasteiger partial charge in [0.2, 0.25) is 0 Å². The van der Waals surface area contributed by atoms with Crippen LogP contribution in [0.2, 0.25) is 0 Å². The van der Waals surface area contributed by atoms with Crippen molar-refractivity contribution in [1.82, 2.24) is 4.57 Å². The summed E-state index contributed by atoms with van der Waals surface area (Å²) in [5.74, 6) is 0. The highest BCUT2D eigenvalue weighted by Gasteiger charge is 2.08. The average Bonchev–Trinajstić information content (AvgIpc) is 2.72. The van der Waals surface area contributed by atoms with Gasteiger partial charge in [-0.15, -0.1) is 0 Å². The highest BCUT2D eigenvalue weighted by Crippen LogP contribution is 2.26. The molecule has 0 spiro atoms. The molecule has 0 saturated heterocycles. The number of hydrogen-bond acceptors (Lipinski definition) is 2. The van der Waals surface area contributed by atoms with E-state index < -0.39 is 0 Å². The first kappa shape index (κ1) is 10.9. The Kier molecular flexibility index (Phi) is 3.09. The van der Waals surface area contributed by atoms with E-state index in [4.69, 9.17) is 10.4 Å². The van der Waals surface area contributed by atoms with Gasteiger partial charge in [0.05, 0.1) is 5.56 Å². The second-order valence-corrected chi connectivity index (χ2v) is 4.28. The highest BCUT2D eigenvalue weighted by atomic mass is 79.9. The smallest absolute Gasteiger partial charge is 0.119 e. The van der Waals surface area contributed by atoms with E-state index in [0.717, 1.165) is 15.6 Å². The maximum atomic E-state index is 9.02. The lowest BCUT2D eigenvalue weighted by Crippen LogP contribution is -1.90. The van der Waals surface area contributed by atoms with Crippen molar-refractivity contribution in [3.8, 4) is 17.2 Å². The molecule has 0 bridgehead atoms. The first-order chi connectivity index (χ1) is 7.74. The van der Waals surface area contributed by atoms with E-state index in [9.17, 15) is 0 Å². The number of hydrogen-bond donors (Lipinski definition) is 1. The molecule has 1 aromatic carbocycles. The molecule has 0 fully saturated rings. The standard InChI is InChI=1S/C12H9BrN2O/c13-11-3-1-2-9(4-11)12-7-15(8-16)6-10(12)5-14/h1-4,6-7,16H,8H2. The zero-order valence-corrected chi connectivity index (χ0v) is 9.98. The van der Waals surface area contributed by atoms with Crippen molar-refractivity contribution in [3.05, 3.63) is 46.7 Å². The van der Waals surface area contributed by atoms with Crippen LogP contribution < -0.4 is 0 Å². The topological polar surface area (TPSA) is 49.0 Å². The Bertz CT molecular complexity index is 554. The summed E-state index contributed by atoms with van der Waals surface area (Å²) < 4.78 is 2.54. The molecule has 0 amide bonds. The van der Waals surface area contributed by atoms with Crippen LogP contribution in [0.1, 0.15) is 5.56 Å². The lowest BCUT2D eigenvalue weighted by atomic mass is 10.1. The lowest BCUT2D eigenvalue weighted by Gasteiger charge is -1.99. The Morgan fingerprint density at radius 2 is 2.19 bits per heavy atom. The number of benzene rings is 1. The summed E-state index contributed by atoms with van der Waals surface area (Å²) in [5, 5.41) is 18.0. The minimum atomic E-state index is -0.122. The molecule has 3 nitrogen and oxygen atoms in total. The Balaban J connectivity index is 2.55. The third-order valence-electron chi connectivity index (χ3n) is 2.30. The van der Waals surface area contributed by atoms with Crippen molar-refractivity contribution in [2.75, 3.05) is 0 Å². The van der Waals surface area contributed by atoms with Crippen molar-refractivity contribution in [1.29, 1.82) is 5.26 Å². The van der Waals surface area contributed by atoms with E-state index in [1.807, 2.05) is 24.3 Å². The lowest BCUT2D eigenvalue weighted by molar-refractivity contribution is 0.211. The molecular weight excluding hydrogens is 268 g/mol. The van der Waals surface area contributed by atoms with Crippen LogP contribution in [0.25, 0.3) is 11.1 Å². The van der Waals surface area contributed by atoms with Crippen LogP contribution in [-0.2, 0) is 6.73 Å². The third kappa shape index (κ3) is 2.01. The molecule has 4 heteroatoms. The van der Waals surface area contributed by atoms with Crippen LogP contribution in [-0.4, -0.2) is 9.67 Å². The average molecular weight is 277 g/mol. The molecule has 0 aliphatic rings. The van der Waals surface area contributed by atoms with Gasteiger partial charge in [-0.25, -0.2) is 0 Å². The summed E-state index contributed by atoms with van der Waals surface area (Å²) in [6, 6.07) is 9.84. The van der Waals surface area contributed by atoms with Gasteiger partial charge in [-0.2, -0.15) is 5.26 Å². The molecule has 2 aromatic rings. The number of aliphatic hydroxyl groups is 1. The summed E-state index contributed by atoms with van der Waals surface area (Å²) in [4.78, 5) is 0. The van der Waals surface area contributed by atoms with Gasteiger partial charge in [0.1, 0.15) is 12.8 Å².